The molecule has 240 valence electrons. The van der Waals surface area contributed by atoms with Gasteiger partial charge in [0.05, 0.1) is 6.54 Å². The number of piperazine rings is 2. The molecule has 0 spiro atoms. The van der Waals surface area contributed by atoms with E-state index in [1.165, 1.54) is 11.4 Å². The number of benzene rings is 3. The van der Waals surface area contributed by atoms with E-state index >= 15 is 0 Å². The van der Waals surface area contributed by atoms with Gasteiger partial charge < -0.3 is 34.7 Å². The summed E-state index contributed by atoms with van der Waals surface area (Å²) in [4.78, 5) is 19.4. The van der Waals surface area contributed by atoms with Gasteiger partial charge in [0, 0.05) is 80.4 Å². The first kappa shape index (κ1) is 30.8. The summed E-state index contributed by atoms with van der Waals surface area (Å²) < 4.78 is 6.04. The predicted octanol–water partition coefficient (Wildman–Crippen LogP) is 6.53. The number of aromatic nitrogens is 2. The maximum atomic E-state index is 6.04. The summed E-state index contributed by atoms with van der Waals surface area (Å²) in [6, 6.07) is 34.8. The molecule has 4 heterocycles. The first-order valence-electron chi connectivity index (χ1n) is 16.0. The standard InChI is InChI=1S/C36H37ClN8OS/c37-28-13-11-27(12-14-28)32-16-15-31(46-32)26-38-36(47)41-35-39-33(44-21-17-42(18-22-44)29-7-3-1-4-8-29)25-34(40-35)45-23-19-43(20-24-45)30-9-5-2-6-10-30/h1-16,25H,17-24,26H2,(H2,38,39,40,41,47). The Balaban J connectivity index is 1.04. The van der Waals surface area contributed by atoms with Gasteiger partial charge in [0.15, 0.2) is 5.11 Å². The predicted molar refractivity (Wildman–Crippen MR) is 196 cm³/mol. The Kier molecular flexibility index (Phi) is 9.39. The largest absolute Gasteiger partial charge is 0.459 e. The Hall–Kier alpha value is -4.80. The molecule has 2 aliphatic rings. The Morgan fingerprint density at radius 1 is 0.660 bits per heavy atom. The van der Waals surface area contributed by atoms with E-state index in [0.717, 1.165) is 81.1 Å². The highest BCUT2D eigenvalue weighted by Crippen LogP contribution is 2.27. The minimum absolute atomic E-state index is 0.425. The van der Waals surface area contributed by atoms with Gasteiger partial charge in [-0.05, 0) is 72.9 Å². The molecule has 2 N–H and O–H groups in total. The summed E-state index contributed by atoms with van der Waals surface area (Å²) in [6.07, 6.45) is 0. The van der Waals surface area contributed by atoms with Gasteiger partial charge in [0.1, 0.15) is 23.2 Å². The lowest BCUT2D eigenvalue weighted by atomic mass is 10.2. The molecule has 0 radical (unpaired) electrons. The van der Waals surface area contributed by atoms with Gasteiger partial charge in [-0.15, -0.1) is 0 Å². The van der Waals surface area contributed by atoms with E-state index in [1.807, 2.05) is 36.4 Å². The Morgan fingerprint density at radius 2 is 1.17 bits per heavy atom. The molecule has 5 aromatic rings. The van der Waals surface area contributed by atoms with Gasteiger partial charge in [-0.2, -0.15) is 9.97 Å². The Bertz CT molecular complexity index is 1690. The van der Waals surface area contributed by atoms with Crippen LogP contribution in [0.1, 0.15) is 5.76 Å². The van der Waals surface area contributed by atoms with Crippen LogP contribution in [0.5, 0.6) is 0 Å². The number of nitrogens with one attached hydrogen (secondary N) is 2. The van der Waals surface area contributed by atoms with E-state index in [1.54, 1.807) is 0 Å². The minimum atomic E-state index is 0.425. The van der Waals surface area contributed by atoms with Crippen molar-refractivity contribution in [2.75, 3.05) is 77.3 Å². The van der Waals surface area contributed by atoms with Gasteiger partial charge in [-0.1, -0.05) is 48.0 Å². The molecule has 2 saturated heterocycles. The molecule has 0 aliphatic carbocycles. The highest BCUT2D eigenvalue weighted by atomic mass is 35.5. The first-order chi connectivity index (χ1) is 23.1. The Labute approximate surface area is 285 Å². The molecule has 0 bridgehead atoms. The molecule has 7 rings (SSSR count). The van der Waals surface area contributed by atoms with Crippen molar-refractivity contribution in [3.05, 3.63) is 114 Å². The molecule has 2 fully saturated rings. The van der Waals surface area contributed by atoms with Crippen molar-refractivity contribution < 1.29 is 4.42 Å². The van der Waals surface area contributed by atoms with E-state index < -0.39 is 0 Å². The third-order valence-electron chi connectivity index (χ3n) is 8.59. The molecule has 47 heavy (non-hydrogen) atoms. The molecular formula is C36H37ClN8OS. The van der Waals surface area contributed by atoms with Crippen molar-refractivity contribution in [3.63, 3.8) is 0 Å². The van der Waals surface area contributed by atoms with E-state index in [2.05, 4.69) is 97.0 Å². The lowest BCUT2D eigenvalue weighted by Gasteiger charge is -2.38. The number of anilines is 5. The van der Waals surface area contributed by atoms with Crippen LogP contribution in [0.2, 0.25) is 5.02 Å². The fourth-order valence-electron chi connectivity index (χ4n) is 6.02. The maximum absolute atomic E-state index is 6.04. The van der Waals surface area contributed by atoms with Crippen molar-refractivity contribution in [2.45, 2.75) is 6.54 Å². The van der Waals surface area contributed by atoms with Crippen LogP contribution in [0.15, 0.2) is 108 Å². The van der Waals surface area contributed by atoms with Crippen LogP contribution < -0.4 is 30.2 Å². The SMILES string of the molecule is S=C(NCc1ccc(-c2ccc(Cl)cc2)o1)Nc1nc(N2CCN(c3ccccc3)CC2)cc(N2CCN(c3ccccc3)CC2)n1. The van der Waals surface area contributed by atoms with Gasteiger partial charge in [-0.25, -0.2) is 0 Å². The quantitative estimate of drug-likeness (QED) is 0.179. The molecule has 3 aromatic carbocycles. The van der Waals surface area contributed by atoms with Crippen molar-refractivity contribution in [3.8, 4) is 11.3 Å². The molecule has 2 aliphatic heterocycles. The van der Waals surface area contributed by atoms with Crippen LogP contribution in [-0.4, -0.2) is 67.4 Å². The highest BCUT2D eigenvalue weighted by molar-refractivity contribution is 7.80. The maximum Gasteiger partial charge on any atom is 0.232 e. The summed E-state index contributed by atoms with van der Waals surface area (Å²) in [5, 5.41) is 7.63. The number of furan rings is 1. The van der Waals surface area contributed by atoms with Crippen LogP contribution >= 0.6 is 23.8 Å². The topological polar surface area (TPSA) is 75.9 Å². The Morgan fingerprint density at radius 3 is 1.70 bits per heavy atom. The lowest BCUT2D eigenvalue weighted by molar-refractivity contribution is 0.516. The summed E-state index contributed by atoms with van der Waals surface area (Å²) in [5.41, 5.74) is 3.47. The summed E-state index contributed by atoms with van der Waals surface area (Å²) >= 11 is 11.7. The van der Waals surface area contributed by atoms with Gasteiger partial charge in [0.25, 0.3) is 0 Å². The summed E-state index contributed by atoms with van der Waals surface area (Å²) in [7, 11) is 0. The fourth-order valence-corrected chi connectivity index (χ4v) is 6.31. The number of thiocarbonyl (C=S) groups is 1. The first-order valence-corrected chi connectivity index (χ1v) is 16.7. The second-order valence-corrected chi connectivity index (χ2v) is 12.5. The molecule has 9 nitrogen and oxygen atoms in total. The van der Waals surface area contributed by atoms with E-state index in [4.69, 9.17) is 38.2 Å². The van der Waals surface area contributed by atoms with Crippen LogP contribution in [0.3, 0.4) is 0 Å². The number of hydrogen-bond acceptors (Lipinski definition) is 8. The summed E-state index contributed by atoms with van der Waals surface area (Å²) in [5.74, 6) is 3.82. The van der Waals surface area contributed by atoms with Crippen molar-refractivity contribution >= 4 is 57.9 Å². The second-order valence-electron chi connectivity index (χ2n) is 11.6. The van der Waals surface area contributed by atoms with Crippen LogP contribution in [0.4, 0.5) is 29.0 Å². The smallest absolute Gasteiger partial charge is 0.232 e. The van der Waals surface area contributed by atoms with E-state index in [9.17, 15) is 0 Å². The number of rotatable bonds is 8. The van der Waals surface area contributed by atoms with E-state index in [0.29, 0.717) is 22.6 Å². The van der Waals surface area contributed by atoms with E-state index in [-0.39, 0.29) is 0 Å². The molecule has 0 amide bonds. The third kappa shape index (κ3) is 7.61. The third-order valence-corrected chi connectivity index (χ3v) is 9.09. The molecular weight excluding hydrogens is 628 g/mol. The highest BCUT2D eigenvalue weighted by Gasteiger charge is 2.23. The average Bonchev–Trinajstić information content (AvgIpc) is 3.61. The molecule has 0 atom stereocenters. The van der Waals surface area contributed by atoms with Crippen LogP contribution in [-0.2, 0) is 6.54 Å². The number of halogens is 1. The monoisotopic (exact) mass is 664 g/mol. The summed E-state index contributed by atoms with van der Waals surface area (Å²) in [6.45, 7) is 7.56. The molecule has 2 aromatic heterocycles. The average molecular weight is 665 g/mol. The second kappa shape index (κ2) is 14.3. The number of para-hydroxylation sites is 2. The fraction of sp³-hybridized carbons (Fsp3) is 0.250. The zero-order valence-corrected chi connectivity index (χ0v) is 27.6. The van der Waals surface area contributed by atoms with Gasteiger partial charge in [-0.3, -0.25) is 0 Å². The number of hydrogen-bond donors (Lipinski definition) is 2. The molecule has 0 saturated carbocycles. The minimum Gasteiger partial charge on any atom is -0.459 e. The normalized spacial score (nSPS) is 15.1. The van der Waals surface area contributed by atoms with Crippen LogP contribution in [0, 0.1) is 0 Å². The van der Waals surface area contributed by atoms with Crippen molar-refractivity contribution in [1.82, 2.24) is 15.3 Å². The van der Waals surface area contributed by atoms with Crippen molar-refractivity contribution in [2.24, 2.45) is 0 Å². The van der Waals surface area contributed by atoms with Gasteiger partial charge >= 0.3 is 0 Å². The van der Waals surface area contributed by atoms with Crippen molar-refractivity contribution in [1.29, 1.82) is 0 Å². The molecule has 0 unspecified atom stereocenters. The zero-order valence-electron chi connectivity index (χ0n) is 26.1. The zero-order chi connectivity index (χ0) is 32.0. The number of nitrogens with zero attached hydrogens (tertiary/aromatic N) is 6. The molecule has 11 heteroatoms. The van der Waals surface area contributed by atoms with Crippen LogP contribution in [0.25, 0.3) is 11.3 Å². The van der Waals surface area contributed by atoms with Gasteiger partial charge in [0.2, 0.25) is 5.95 Å². The lowest BCUT2D eigenvalue weighted by Crippen LogP contribution is -2.48.